The molecule has 3 nitrogen and oxygen atoms in total. The van der Waals surface area contributed by atoms with Crippen LogP contribution in [0.3, 0.4) is 0 Å². The van der Waals surface area contributed by atoms with E-state index in [1.54, 1.807) is 0 Å². The number of hydrogen-bond donors (Lipinski definition) is 2. The van der Waals surface area contributed by atoms with Gasteiger partial charge in [-0.1, -0.05) is 6.42 Å². The van der Waals surface area contributed by atoms with Gasteiger partial charge in [0.1, 0.15) is 11.5 Å². The van der Waals surface area contributed by atoms with Gasteiger partial charge in [0.25, 0.3) is 0 Å². The van der Waals surface area contributed by atoms with E-state index in [-0.39, 0.29) is 0 Å². The monoisotopic (exact) mass is 222 g/mol. The van der Waals surface area contributed by atoms with Gasteiger partial charge in [0.2, 0.25) is 0 Å². The average molecular weight is 222 g/mol. The molecular weight excluding hydrogens is 200 g/mol. The predicted octanol–water partition coefficient (Wildman–Crippen LogP) is 2.21. The minimum atomic E-state index is 0.722. The van der Waals surface area contributed by atoms with Crippen LogP contribution in [-0.2, 0) is 6.54 Å². The molecule has 2 N–H and O–H groups in total. The first-order valence-corrected chi connectivity index (χ1v) is 6.34. The Morgan fingerprint density at radius 2 is 2.38 bits per heavy atom. The summed E-state index contributed by atoms with van der Waals surface area (Å²) in [6.07, 6.45) is 5.28. The Labute approximate surface area is 97.6 Å². The van der Waals surface area contributed by atoms with Crippen molar-refractivity contribution >= 4 is 0 Å². The third-order valence-electron chi connectivity index (χ3n) is 3.18. The summed E-state index contributed by atoms with van der Waals surface area (Å²) in [4.78, 5) is 0. The zero-order valence-corrected chi connectivity index (χ0v) is 10.1. The molecule has 16 heavy (non-hydrogen) atoms. The van der Waals surface area contributed by atoms with Gasteiger partial charge in [-0.2, -0.15) is 0 Å². The van der Waals surface area contributed by atoms with Gasteiger partial charge in [0.15, 0.2) is 0 Å². The van der Waals surface area contributed by atoms with Crippen LogP contribution >= 0.6 is 0 Å². The van der Waals surface area contributed by atoms with Crippen LogP contribution in [0.1, 0.15) is 37.2 Å². The maximum absolute atomic E-state index is 5.50. The van der Waals surface area contributed by atoms with Crippen LogP contribution in [0.5, 0.6) is 0 Å². The minimum absolute atomic E-state index is 0.722. The first-order chi connectivity index (χ1) is 7.84. The van der Waals surface area contributed by atoms with E-state index in [0.29, 0.717) is 0 Å². The molecule has 0 aromatic carbocycles. The SMILES string of the molecule is Cc1ccc(CNCCC2CCCCN2)o1. The molecule has 2 rings (SSSR count). The van der Waals surface area contributed by atoms with Crippen LogP contribution in [0.15, 0.2) is 16.5 Å². The van der Waals surface area contributed by atoms with E-state index < -0.39 is 0 Å². The fourth-order valence-corrected chi connectivity index (χ4v) is 2.24. The number of rotatable bonds is 5. The summed E-state index contributed by atoms with van der Waals surface area (Å²) >= 11 is 0. The second-order valence-corrected chi connectivity index (χ2v) is 4.62. The molecule has 0 bridgehead atoms. The number of piperidine rings is 1. The smallest absolute Gasteiger partial charge is 0.117 e. The van der Waals surface area contributed by atoms with Gasteiger partial charge in [-0.25, -0.2) is 0 Å². The predicted molar refractivity (Wildman–Crippen MR) is 65.4 cm³/mol. The molecule has 2 heterocycles. The largest absolute Gasteiger partial charge is 0.465 e. The Bertz CT molecular complexity index is 303. The van der Waals surface area contributed by atoms with Crippen LogP contribution in [0.4, 0.5) is 0 Å². The van der Waals surface area contributed by atoms with Crippen molar-refractivity contribution in [1.29, 1.82) is 0 Å². The van der Waals surface area contributed by atoms with Gasteiger partial charge in [-0.05, 0) is 51.4 Å². The molecule has 1 fully saturated rings. The second-order valence-electron chi connectivity index (χ2n) is 4.62. The number of furan rings is 1. The highest BCUT2D eigenvalue weighted by Gasteiger charge is 2.11. The van der Waals surface area contributed by atoms with E-state index in [0.717, 1.165) is 30.7 Å². The van der Waals surface area contributed by atoms with Crippen molar-refractivity contribution in [3.05, 3.63) is 23.7 Å². The quantitative estimate of drug-likeness (QED) is 0.750. The molecule has 1 aromatic heterocycles. The van der Waals surface area contributed by atoms with E-state index in [1.165, 1.54) is 32.2 Å². The lowest BCUT2D eigenvalue weighted by Gasteiger charge is -2.23. The van der Waals surface area contributed by atoms with Gasteiger partial charge in [-0.3, -0.25) is 0 Å². The molecule has 1 aliphatic rings. The highest BCUT2D eigenvalue weighted by Crippen LogP contribution is 2.09. The summed E-state index contributed by atoms with van der Waals surface area (Å²) in [5, 5.41) is 6.99. The molecule has 3 heteroatoms. The topological polar surface area (TPSA) is 37.2 Å². The summed E-state index contributed by atoms with van der Waals surface area (Å²) in [6, 6.07) is 4.78. The van der Waals surface area contributed by atoms with Crippen molar-refractivity contribution in [3.63, 3.8) is 0 Å². The van der Waals surface area contributed by atoms with E-state index in [1.807, 2.05) is 19.1 Å². The third-order valence-corrected chi connectivity index (χ3v) is 3.18. The molecule has 90 valence electrons. The molecule has 1 atom stereocenters. The van der Waals surface area contributed by atoms with Crippen LogP contribution in [0, 0.1) is 6.92 Å². The molecular formula is C13H22N2O. The Morgan fingerprint density at radius 3 is 3.06 bits per heavy atom. The standard InChI is InChI=1S/C13H22N2O/c1-11-5-6-13(16-11)10-14-9-7-12-4-2-3-8-15-12/h5-6,12,14-15H,2-4,7-10H2,1H3. The van der Waals surface area contributed by atoms with E-state index in [4.69, 9.17) is 4.42 Å². The summed E-state index contributed by atoms with van der Waals surface area (Å²) < 4.78 is 5.50. The van der Waals surface area contributed by atoms with Crippen molar-refractivity contribution < 1.29 is 4.42 Å². The molecule has 0 saturated carbocycles. The van der Waals surface area contributed by atoms with Gasteiger partial charge in [0.05, 0.1) is 6.54 Å². The van der Waals surface area contributed by atoms with Crippen molar-refractivity contribution in [2.45, 2.75) is 45.2 Å². The second kappa shape index (κ2) is 6.06. The highest BCUT2D eigenvalue weighted by atomic mass is 16.3. The molecule has 1 unspecified atom stereocenters. The molecule has 1 aliphatic heterocycles. The average Bonchev–Trinajstić information content (AvgIpc) is 2.72. The maximum Gasteiger partial charge on any atom is 0.117 e. The van der Waals surface area contributed by atoms with Crippen LogP contribution < -0.4 is 10.6 Å². The number of aryl methyl sites for hydroxylation is 1. The van der Waals surface area contributed by atoms with E-state index in [9.17, 15) is 0 Å². The van der Waals surface area contributed by atoms with Gasteiger partial charge in [0, 0.05) is 6.04 Å². The van der Waals surface area contributed by atoms with Crippen LogP contribution in [0.25, 0.3) is 0 Å². The Kier molecular flexibility index (Phi) is 4.43. The van der Waals surface area contributed by atoms with Gasteiger partial charge in [-0.15, -0.1) is 0 Å². The van der Waals surface area contributed by atoms with Gasteiger partial charge < -0.3 is 15.1 Å². The summed E-state index contributed by atoms with van der Waals surface area (Å²) in [5.74, 6) is 2.03. The lowest BCUT2D eigenvalue weighted by Crippen LogP contribution is -2.36. The van der Waals surface area contributed by atoms with Crippen molar-refractivity contribution in [2.24, 2.45) is 0 Å². The molecule has 1 saturated heterocycles. The fraction of sp³-hybridized carbons (Fsp3) is 0.692. The summed E-state index contributed by atoms with van der Waals surface area (Å²) in [7, 11) is 0. The first kappa shape index (κ1) is 11.7. The zero-order chi connectivity index (χ0) is 11.2. The maximum atomic E-state index is 5.50. The summed E-state index contributed by atoms with van der Waals surface area (Å²) in [6.45, 7) is 5.09. The van der Waals surface area contributed by atoms with Crippen LogP contribution in [0.2, 0.25) is 0 Å². The molecule has 0 aliphatic carbocycles. The number of hydrogen-bond acceptors (Lipinski definition) is 3. The van der Waals surface area contributed by atoms with E-state index >= 15 is 0 Å². The normalized spacial score (nSPS) is 21.2. The Balaban J connectivity index is 1.57. The van der Waals surface area contributed by atoms with Crippen molar-refractivity contribution in [1.82, 2.24) is 10.6 Å². The molecule has 0 amide bonds. The third kappa shape index (κ3) is 3.65. The van der Waals surface area contributed by atoms with Crippen molar-refractivity contribution in [3.8, 4) is 0 Å². The lowest BCUT2D eigenvalue weighted by molar-refractivity contribution is 0.372. The molecule has 0 radical (unpaired) electrons. The Hall–Kier alpha value is -0.800. The highest BCUT2D eigenvalue weighted by molar-refractivity contribution is 5.05. The molecule has 0 spiro atoms. The number of nitrogens with one attached hydrogen (secondary N) is 2. The van der Waals surface area contributed by atoms with Crippen molar-refractivity contribution in [2.75, 3.05) is 13.1 Å². The zero-order valence-electron chi connectivity index (χ0n) is 10.1. The Morgan fingerprint density at radius 1 is 1.44 bits per heavy atom. The minimum Gasteiger partial charge on any atom is -0.465 e. The van der Waals surface area contributed by atoms with Crippen LogP contribution in [-0.4, -0.2) is 19.1 Å². The molecule has 1 aromatic rings. The first-order valence-electron chi connectivity index (χ1n) is 6.34. The summed E-state index contributed by atoms with van der Waals surface area (Å²) in [5.41, 5.74) is 0. The fourth-order valence-electron chi connectivity index (χ4n) is 2.24. The van der Waals surface area contributed by atoms with Gasteiger partial charge >= 0.3 is 0 Å². The van der Waals surface area contributed by atoms with E-state index in [2.05, 4.69) is 10.6 Å². The lowest BCUT2D eigenvalue weighted by atomic mass is 10.0.